The summed E-state index contributed by atoms with van der Waals surface area (Å²) in [5, 5.41) is 0. The van der Waals surface area contributed by atoms with E-state index in [1.54, 1.807) is 0 Å². The van der Waals surface area contributed by atoms with Gasteiger partial charge in [0, 0.05) is 24.8 Å². The third-order valence-electron chi connectivity index (χ3n) is 2.88. The summed E-state index contributed by atoms with van der Waals surface area (Å²) in [6.45, 7) is 2.75. The number of thiocarbonyl (C=S) groups is 1. The summed E-state index contributed by atoms with van der Waals surface area (Å²) in [6.07, 6.45) is 0. The van der Waals surface area contributed by atoms with Crippen LogP contribution in [-0.4, -0.2) is 17.0 Å². The van der Waals surface area contributed by atoms with E-state index in [1.807, 2.05) is 44.3 Å². The van der Waals surface area contributed by atoms with Crippen LogP contribution in [0.4, 0.5) is 5.82 Å². The molecule has 0 fully saturated rings. The van der Waals surface area contributed by atoms with Gasteiger partial charge in [0.05, 0.1) is 0 Å². The lowest BCUT2D eigenvalue weighted by Gasteiger charge is -2.19. The second-order valence-corrected chi connectivity index (χ2v) is 5.00. The molecule has 2 aromatic rings. The molecule has 0 aliphatic heterocycles. The maximum atomic E-state index is 5.69. The van der Waals surface area contributed by atoms with Crippen molar-refractivity contribution >= 4 is 23.0 Å². The second kappa shape index (κ2) is 5.80. The number of aryl methyl sites for hydroxylation is 1. The Labute approximate surface area is 119 Å². The van der Waals surface area contributed by atoms with Crippen LogP contribution in [0.25, 0.3) is 0 Å². The number of hydrogen-bond acceptors (Lipinski definition) is 3. The van der Waals surface area contributed by atoms with Gasteiger partial charge < -0.3 is 10.6 Å². The van der Waals surface area contributed by atoms with Crippen molar-refractivity contribution in [1.29, 1.82) is 0 Å². The molecule has 0 saturated carbocycles. The van der Waals surface area contributed by atoms with Crippen molar-refractivity contribution in [2.45, 2.75) is 13.5 Å². The molecule has 0 aliphatic carbocycles. The SMILES string of the molecule is Cc1cc(C(N)=S)cc(N(C)Cc2ccccc2)n1. The maximum absolute atomic E-state index is 5.69. The minimum Gasteiger partial charge on any atom is -0.389 e. The molecule has 1 heterocycles. The van der Waals surface area contributed by atoms with E-state index < -0.39 is 0 Å². The van der Waals surface area contributed by atoms with Gasteiger partial charge in [-0.2, -0.15) is 0 Å². The first-order valence-electron chi connectivity index (χ1n) is 6.10. The van der Waals surface area contributed by atoms with Gasteiger partial charge in [-0.3, -0.25) is 0 Å². The highest BCUT2D eigenvalue weighted by Crippen LogP contribution is 2.16. The summed E-state index contributed by atoms with van der Waals surface area (Å²) < 4.78 is 0. The van der Waals surface area contributed by atoms with Crippen LogP contribution in [-0.2, 0) is 6.54 Å². The van der Waals surface area contributed by atoms with Crippen molar-refractivity contribution in [1.82, 2.24) is 4.98 Å². The topological polar surface area (TPSA) is 42.1 Å². The molecule has 1 aromatic carbocycles. The van der Waals surface area contributed by atoms with E-state index in [0.29, 0.717) is 4.99 Å². The van der Waals surface area contributed by atoms with Crippen LogP contribution in [0.15, 0.2) is 42.5 Å². The van der Waals surface area contributed by atoms with Gasteiger partial charge in [0.15, 0.2) is 0 Å². The summed E-state index contributed by atoms with van der Waals surface area (Å²) in [6, 6.07) is 14.1. The molecule has 1 aromatic heterocycles. The van der Waals surface area contributed by atoms with Gasteiger partial charge in [-0.15, -0.1) is 0 Å². The number of aromatic nitrogens is 1. The molecule has 0 radical (unpaired) electrons. The number of benzene rings is 1. The fraction of sp³-hybridized carbons (Fsp3) is 0.200. The van der Waals surface area contributed by atoms with Crippen LogP contribution >= 0.6 is 12.2 Å². The first kappa shape index (κ1) is 13.5. The Kier molecular flexibility index (Phi) is 4.12. The molecule has 0 unspecified atom stereocenters. The smallest absolute Gasteiger partial charge is 0.129 e. The maximum Gasteiger partial charge on any atom is 0.129 e. The van der Waals surface area contributed by atoms with Gasteiger partial charge in [0.25, 0.3) is 0 Å². The van der Waals surface area contributed by atoms with Crippen LogP contribution in [0, 0.1) is 6.92 Å². The van der Waals surface area contributed by atoms with E-state index in [-0.39, 0.29) is 0 Å². The van der Waals surface area contributed by atoms with E-state index in [4.69, 9.17) is 18.0 Å². The highest BCUT2D eigenvalue weighted by atomic mass is 32.1. The van der Waals surface area contributed by atoms with E-state index in [1.165, 1.54) is 5.56 Å². The van der Waals surface area contributed by atoms with Gasteiger partial charge in [0.2, 0.25) is 0 Å². The molecule has 19 heavy (non-hydrogen) atoms. The van der Waals surface area contributed by atoms with Crippen molar-refractivity contribution in [3.05, 3.63) is 59.3 Å². The molecule has 0 bridgehead atoms. The number of rotatable bonds is 4. The lowest BCUT2D eigenvalue weighted by molar-refractivity contribution is 0.892. The number of hydrogen-bond donors (Lipinski definition) is 1. The fourth-order valence-corrected chi connectivity index (χ4v) is 2.04. The highest BCUT2D eigenvalue weighted by molar-refractivity contribution is 7.80. The van der Waals surface area contributed by atoms with Gasteiger partial charge in [-0.25, -0.2) is 4.98 Å². The molecule has 2 N–H and O–H groups in total. The molecular formula is C15H17N3S. The summed E-state index contributed by atoms with van der Waals surface area (Å²) in [5.41, 5.74) is 8.71. The molecule has 0 amide bonds. The third kappa shape index (κ3) is 3.51. The summed E-state index contributed by atoms with van der Waals surface area (Å²) in [7, 11) is 2.01. The molecule has 0 atom stereocenters. The van der Waals surface area contributed by atoms with Gasteiger partial charge in [-0.05, 0) is 24.6 Å². The Bertz CT molecular complexity index is 581. The van der Waals surface area contributed by atoms with Crippen molar-refractivity contribution in [3.63, 3.8) is 0 Å². The quantitative estimate of drug-likeness (QED) is 0.868. The standard InChI is InChI=1S/C15H17N3S/c1-11-8-13(15(16)19)9-14(17-11)18(2)10-12-6-4-3-5-7-12/h3-9H,10H2,1-2H3,(H2,16,19). The number of anilines is 1. The minimum absolute atomic E-state index is 0.403. The Morgan fingerprint density at radius 1 is 1.26 bits per heavy atom. The minimum atomic E-state index is 0.403. The molecule has 4 heteroatoms. The first-order valence-corrected chi connectivity index (χ1v) is 6.50. The number of nitrogens with zero attached hydrogens (tertiary/aromatic N) is 2. The van der Waals surface area contributed by atoms with Gasteiger partial charge in [-0.1, -0.05) is 42.5 Å². The molecule has 0 aliphatic rings. The fourth-order valence-electron chi connectivity index (χ4n) is 1.93. The normalized spacial score (nSPS) is 10.2. The third-order valence-corrected chi connectivity index (χ3v) is 3.11. The predicted molar refractivity (Wildman–Crippen MR) is 83.4 cm³/mol. The van der Waals surface area contributed by atoms with Crippen LogP contribution in [0.3, 0.4) is 0 Å². The van der Waals surface area contributed by atoms with Crippen LogP contribution in [0.5, 0.6) is 0 Å². The Hall–Kier alpha value is -1.94. The zero-order valence-corrected chi connectivity index (χ0v) is 11.9. The largest absolute Gasteiger partial charge is 0.389 e. The van der Waals surface area contributed by atoms with Crippen LogP contribution in [0.2, 0.25) is 0 Å². The summed E-state index contributed by atoms with van der Waals surface area (Å²) in [5.74, 6) is 0.881. The lowest BCUT2D eigenvalue weighted by atomic mass is 10.2. The number of pyridine rings is 1. The zero-order chi connectivity index (χ0) is 13.8. The van der Waals surface area contributed by atoms with E-state index >= 15 is 0 Å². The van der Waals surface area contributed by atoms with Gasteiger partial charge in [0.1, 0.15) is 10.8 Å². The Morgan fingerprint density at radius 2 is 1.95 bits per heavy atom. The number of nitrogens with two attached hydrogens (primary N) is 1. The highest BCUT2D eigenvalue weighted by Gasteiger charge is 2.07. The van der Waals surface area contributed by atoms with E-state index in [9.17, 15) is 0 Å². The molecular weight excluding hydrogens is 254 g/mol. The van der Waals surface area contributed by atoms with E-state index in [0.717, 1.165) is 23.6 Å². The first-order chi connectivity index (χ1) is 9.06. The Morgan fingerprint density at radius 3 is 2.58 bits per heavy atom. The predicted octanol–water partition coefficient (Wildman–Crippen LogP) is 2.66. The average Bonchev–Trinajstić information content (AvgIpc) is 2.39. The van der Waals surface area contributed by atoms with Crippen LogP contribution < -0.4 is 10.6 Å². The monoisotopic (exact) mass is 271 g/mol. The van der Waals surface area contributed by atoms with Crippen molar-refractivity contribution in [2.24, 2.45) is 5.73 Å². The summed E-state index contributed by atoms with van der Waals surface area (Å²) in [4.78, 5) is 7.01. The molecule has 98 valence electrons. The lowest BCUT2D eigenvalue weighted by Crippen LogP contribution is -2.19. The Balaban J connectivity index is 2.24. The summed E-state index contributed by atoms with van der Waals surface area (Å²) >= 11 is 5.03. The average molecular weight is 271 g/mol. The van der Waals surface area contributed by atoms with E-state index in [2.05, 4.69) is 22.0 Å². The zero-order valence-electron chi connectivity index (χ0n) is 11.1. The molecule has 0 saturated heterocycles. The second-order valence-electron chi connectivity index (χ2n) is 4.56. The van der Waals surface area contributed by atoms with Crippen molar-refractivity contribution in [2.75, 3.05) is 11.9 Å². The van der Waals surface area contributed by atoms with Crippen molar-refractivity contribution < 1.29 is 0 Å². The molecule has 0 spiro atoms. The molecule has 2 rings (SSSR count). The van der Waals surface area contributed by atoms with Crippen molar-refractivity contribution in [3.8, 4) is 0 Å². The van der Waals surface area contributed by atoms with Crippen LogP contribution in [0.1, 0.15) is 16.8 Å². The van der Waals surface area contributed by atoms with Gasteiger partial charge >= 0.3 is 0 Å². The molecule has 3 nitrogen and oxygen atoms in total.